The number of benzene rings is 3. The monoisotopic (exact) mass is 500 g/mol. The summed E-state index contributed by atoms with van der Waals surface area (Å²) in [7, 11) is 0. The van der Waals surface area contributed by atoms with Gasteiger partial charge >= 0.3 is 6.18 Å². The topological polar surface area (TPSA) is 49.4 Å². The molecule has 178 valence electrons. The van der Waals surface area contributed by atoms with Crippen molar-refractivity contribution in [2.45, 2.75) is 12.7 Å². The van der Waals surface area contributed by atoms with Gasteiger partial charge < -0.3 is 10.2 Å². The molecule has 0 aromatic heterocycles. The van der Waals surface area contributed by atoms with E-state index in [9.17, 15) is 35.9 Å². The van der Waals surface area contributed by atoms with Crippen molar-refractivity contribution in [2.24, 2.45) is 0 Å². The Balaban J connectivity index is 1.89. The van der Waals surface area contributed by atoms with Gasteiger partial charge in [0.25, 0.3) is 5.91 Å². The third-order valence-corrected chi connectivity index (χ3v) is 4.85. The average Bonchev–Trinajstić information content (AvgIpc) is 2.74. The molecule has 0 aliphatic heterocycles. The molecule has 0 radical (unpaired) electrons. The van der Waals surface area contributed by atoms with Crippen molar-refractivity contribution in [3.63, 3.8) is 0 Å². The Morgan fingerprint density at radius 2 is 1.59 bits per heavy atom. The van der Waals surface area contributed by atoms with E-state index in [1.807, 2.05) is 0 Å². The van der Waals surface area contributed by atoms with E-state index in [0.29, 0.717) is 12.1 Å². The number of alkyl halides is 3. The maximum absolute atomic E-state index is 13.6. The summed E-state index contributed by atoms with van der Waals surface area (Å²) in [6, 6.07) is 9.31. The quantitative estimate of drug-likeness (QED) is 0.418. The van der Waals surface area contributed by atoms with Crippen LogP contribution in [0.4, 0.5) is 32.0 Å². The Kier molecular flexibility index (Phi) is 7.51. The van der Waals surface area contributed by atoms with Crippen LogP contribution in [0.3, 0.4) is 0 Å². The van der Waals surface area contributed by atoms with Gasteiger partial charge in [-0.3, -0.25) is 9.59 Å². The zero-order valence-corrected chi connectivity index (χ0v) is 17.9. The maximum atomic E-state index is 13.6. The van der Waals surface area contributed by atoms with Crippen molar-refractivity contribution in [3.05, 3.63) is 99.8 Å². The molecule has 0 saturated heterocycles. The third kappa shape index (κ3) is 6.50. The van der Waals surface area contributed by atoms with Gasteiger partial charge in [0.05, 0.1) is 10.6 Å². The number of hydrogen-bond acceptors (Lipinski definition) is 2. The minimum absolute atomic E-state index is 0.0320. The molecule has 4 nitrogen and oxygen atoms in total. The molecule has 3 rings (SSSR count). The normalized spacial score (nSPS) is 11.3. The fourth-order valence-corrected chi connectivity index (χ4v) is 3.26. The van der Waals surface area contributed by atoms with Crippen LogP contribution in [0.2, 0.25) is 5.02 Å². The Hall–Kier alpha value is -3.53. The van der Waals surface area contributed by atoms with Gasteiger partial charge in [0, 0.05) is 23.9 Å². The van der Waals surface area contributed by atoms with E-state index in [4.69, 9.17) is 11.6 Å². The number of carbonyl (C=O) groups is 2. The summed E-state index contributed by atoms with van der Waals surface area (Å²) in [6.45, 7) is -1.18. The van der Waals surface area contributed by atoms with E-state index >= 15 is 0 Å². The van der Waals surface area contributed by atoms with Gasteiger partial charge in [0.2, 0.25) is 5.91 Å². The molecule has 2 amide bonds. The molecular weight excluding hydrogens is 486 g/mol. The second-order valence-corrected chi connectivity index (χ2v) is 7.60. The van der Waals surface area contributed by atoms with Crippen LogP contribution in [0.1, 0.15) is 21.5 Å². The van der Waals surface area contributed by atoms with Crippen molar-refractivity contribution in [1.29, 1.82) is 0 Å². The summed E-state index contributed by atoms with van der Waals surface area (Å²) < 4.78 is 79.8. The lowest BCUT2D eigenvalue weighted by atomic mass is 10.1. The van der Waals surface area contributed by atoms with E-state index in [0.717, 1.165) is 47.4 Å². The van der Waals surface area contributed by atoms with Gasteiger partial charge in [0.1, 0.15) is 24.0 Å². The highest BCUT2D eigenvalue weighted by Crippen LogP contribution is 2.30. The average molecular weight is 501 g/mol. The van der Waals surface area contributed by atoms with Gasteiger partial charge in [0.15, 0.2) is 0 Å². The van der Waals surface area contributed by atoms with Gasteiger partial charge in [-0.05, 0) is 54.1 Å². The molecule has 11 heteroatoms. The molecule has 0 unspecified atom stereocenters. The second kappa shape index (κ2) is 10.2. The van der Waals surface area contributed by atoms with Crippen molar-refractivity contribution in [1.82, 2.24) is 4.90 Å². The van der Waals surface area contributed by atoms with Crippen molar-refractivity contribution < 1.29 is 35.9 Å². The molecule has 34 heavy (non-hydrogen) atoms. The molecule has 0 spiro atoms. The predicted octanol–water partition coefficient (Wildman–Crippen LogP) is 6.06. The number of hydrogen-bond donors (Lipinski definition) is 1. The number of amides is 2. The standard InChI is InChI=1S/C23H15ClF6N2O2/c24-19-10-18(4-5-20(19)27)31-21(33)12-32(11-13-6-16(25)9-17(26)7-13)22(34)14-2-1-3-15(8-14)23(28,29)30/h1-10H,11-12H2,(H,31,33). The molecule has 0 saturated carbocycles. The molecule has 3 aromatic rings. The molecule has 0 fully saturated rings. The highest BCUT2D eigenvalue weighted by atomic mass is 35.5. The van der Waals surface area contributed by atoms with Crippen LogP contribution in [0, 0.1) is 17.5 Å². The lowest BCUT2D eigenvalue weighted by Gasteiger charge is -2.23. The van der Waals surface area contributed by atoms with Crippen molar-refractivity contribution in [2.75, 3.05) is 11.9 Å². The highest BCUT2D eigenvalue weighted by Gasteiger charge is 2.31. The van der Waals surface area contributed by atoms with Crippen LogP contribution in [0.25, 0.3) is 0 Å². The first kappa shape index (κ1) is 25.1. The minimum Gasteiger partial charge on any atom is -0.325 e. The van der Waals surface area contributed by atoms with Gasteiger partial charge in [-0.2, -0.15) is 13.2 Å². The Morgan fingerprint density at radius 1 is 0.912 bits per heavy atom. The Labute approximate surface area is 194 Å². The predicted molar refractivity (Wildman–Crippen MR) is 113 cm³/mol. The summed E-state index contributed by atoms with van der Waals surface area (Å²) >= 11 is 5.67. The third-order valence-electron chi connectivity index (χ3n) is 4.56. The number of rotatable bonds is 6. The van der Waals surface area contributed by atoms with E-state index in [2.05, 4.69) is 5.32 Å². The van der Waals surface area contributed by atoms with Crippen LogP contribution < -0.4 is 5.32 Å². The SMILES string of the molecule is O=C(CN(Cc1cc(F)cc(F)c1)C(=O)c1cccc(C(F)(F)F)c1)Nc1ccc(F)c(Cl)c1. The number of nitrogens with zero attached hydrogens (tertiary/aromatic N) is 1. The number of halogens is 7. The molecule has 0 atom stereocenters. The summed E-state index contributed by atoms with van der Waals surface area (Å²) in [5, 5.41) is 2.11. The second-order valence-electron chi connectivity index (χ2n) is 7.19. The van der Waals surface area contributed by atoms with Crippen molar-refractivity contribution in [3.8, 4) is 0 Å². The smallest absolute Gasteiger partial charge is 0.325 e. The van der Waals surface area contributed by atoms with E-state index in [1.54, 1.807) is 0 Å². The zero-order valence-electron chi connectivity index (χ0n) is 17.1. The molecule has 0 aliphatic carbocycles. The first-order chi connectivity index (χ1) is 15.9. The molecular formula is C23H15ClF6N2O2. The van der Waals surface area contributed by atoms with Crippen molar-refractivity contribution >= 4 is 29.1 Å². The van der Waals surface area contributed by atoms with E-state index in [1.165, 1.54) is 6.07 Å². The van der Waals surface area contributed by atoms with Gasteiger partial charge in [-0.25, -0.2) is 13.2 Å². The number of carbonyl (C=O) groups excluding carboxylic acids is 2. The minimum atomic E-state index is -4.72. The van der Waals surface area contributed by atoms with Gasteiger partial charge in [-0.15, -0.1) is 0 Å². The fourth-order valence-electron chi connectivity index (χ4n) is 3.08. The first-order valence-corrected chi connectivity index (χ1v) is 9.96. The lowest BCUT2D eigenvalue weighted by molar-refractivity contribution is -0.137. The summed E-state index contributed by atoms with van der Waals surface area (Å²) in [6.07, 6.45) is -4.72. The summed E-state index contributed by atoms with van der Waals surface area (Å²) in [4.78, 5) is 26.4. The van der Waals surface area contributed by atoms with E-state index < -0.39 is 54.1 Å². The molecule has 0 heterocycles. The molecule has 0 aliphatic rings. The van der Waals surface area contributed by atoms with Crippen LogP contribution in [-0.2, 0) is 17.5 Å². The van der Waals surface area contributed by atoms with Crippen LogP contribution in [0.5, 0.6) is 0 Å². The summed E-state index contributed by atoms with van der Waals surface area (Å²) in [5.74, 6) is -4.39. The zero-order chi connectivity index (χ0) is 25.0. The van der Waals surface area contributed by atoms with Crippen LogP contribution in [0.15, 0.2) is 60.7 Å². The largest absolute Gasteiger partial charge is 0.416 e. The van der Waals surface area contributed by atoms with Gasteiger partial charge in [-0.1, -0.05) is 17.7 Å². The van der Waals surface area contributed by atoms with Crippen LogP contribution >= 0.6 is 11.6 Å². The Bertz CT molecular complexity index is 1210. The number of nitrogens with one attached hydrogen (secondary N) is 1. The molecule has 1 N–H and O–H groups in total. The van der Waals surface area contributed by atoms with Crippen LogP contribution in [-0.4, -0.2) is 23.3 Å². The Morgan fingerprint density at radius 3 is 2.21 bits per heavy atom. The maximum Gasteiger partial charge on any atom is 0.416 e. The fraction of sp³-hybridized carbons (Fsp3) is 0.130. The summed E-state index contributed by atoms with van der Waals surface area (Å²) in [5.41, 5.74) is -1.40. The number of anilines is 1. The molecule has 0 bridgehead atoms. The lowest BCUT2D eigenvalue weighted by Crippen LogP contribution is -2.37. The van der Waals surface area contributed by atoms with E-state index in [-0.39, 0.29) is 21.8 Å². The highest BCUT2D eigenvalue weighted by molar-refractivity contribution is 6.31. The first-order valence-electron chi connectivity index (χ1n) is 9.59. The molecule has 3 aromatic carbocycles.